The predicted molar refractivity (Wildman–Crippen MR) is 113 cm³/mol. The quantitative estimate of drug-likeness (QED) is 0.557. The van der Waals surface area contributed by atoms with Crippen molar-refractivity contribution in [3.63, 3.8) is 0 Å². The maximum absolute atomic E-state index is 11.8. The molecule has 0 aliphatic carbocycles. The average Bonchev–Trinajstić information content (AvgIpc) is 2.73. The second kappa shape index (κ2) is 8.99. The van der Waals surface area contributed by atoms with Gasteiger partial charge in [0.25, 0.3) is 0 Å². The van der Waals surface area contributed by atoms with Crippen LogP contribution >= 0.6 is 0 Å². The lowest BCUT2D eigenvalue weighted by Gasteiger charge is -2.20. The molecule has 3 rings (SSSR count). The van der Waals surface area contributed by atoms with Crippen LogP contribution in [0.5, 0.6) is 5.75 Å². The van der Waals surface area contributed by atoms with Gasteiger partial charge in [0, 0.05) is 11.5 Å². The van der Waals surface area contributed by atoms with Crippen molar-refractivity contribution in [1.82, 2.24) is 9.97 Å². The lowest BCUT2D eigenvalue weighted by atomic mass is 10.0. The Bertz CT molecular complexity index is 973. The molecule has 0 aliphatic heterocycles. The van der Waals surface area contributed by atoms with E-state index in [4.69, 9.17) is 4.74 Å². The number of carbonyl (C=O) groups is 1. The van der Waals surface area contributed by atoms with Gasteiger partial charge in [-0.15, -0.1) is 0 Å². The van der Waals surface area contributed by atoms with Crippen LogP contribution in [0.3, 0.4) is 0 Å². The molecule has 1 atom stereocenters. The largest absolute Gasteiger partial charge is 0.492 e. The zero-order chi connectivity index (χ0) is 19.9. The lowest BCUT2D eigenvalue weighted by molar-refractivity contribution is -0.111. The molecule has 0 bridgehead atoms. The summed E-state index contributed by atoms with van der Waals surface area (Å²) >= 11 is 0. The second-order valence-electron chi connectivity index (χ2n) is 6.23. The summed E-state index contributed by atoms with van der Waals surface area (Å²) < 4.78 is 5.67. The fourth-order valence-electron chi connectivity index (χ4n) is 3.03. The fraction of sp³-hybridized carbons (Fsp3) is 0.227. The molecule has 0 unspecified atom stereocenters. The Kier molecular flexibility index (Phi) is 6.22. The summed E-state index contributed by atoms with van der Waals surface area (Å²) in [5.74, 6) is 0.963. The molecule has 144 valence electrons. The molecule has 1 amide bonds. The Hall–Kier alpha value is -3.41. The first-order valence-corrected chi connectivity index (χ1v) is 9.32. The molecule has 28 heavy (non-hydrogen) atoms. The van der Waals surface area contributed by atoms with Crippen LogP contribution in [0.25, 0.3) is 10.9 Å². The number of nitrogens with zero attached hydrogens (tertiary/aromatic N) is 2. The van der Waals surface area contributed by atoms with Gasteiger partial charge >= 0.3 is 0 Å². The Balaban J connectivity index is 2.03. The van der Waals surface area contributed by atoms with Crippen LogP contribution in [0.2, 0.25) is 0 Å². The first kappa shape index (κ1) is 19.4. The summed E-state index contributed by atoms with van der Waals surface area (Å²) in [7, 11) is 0. The van der Waals surface area contributed by atoms with Gasteiger partial charge in [0.05, 0.1) is 23.9 Å². The topological polar surface area (TPSA) is 76.1 Å². The third-order valence-corrected chi connectivity index (χ3v) is 4.40. The molecule has 0 radical (unpaired) electrons. The molecule has 6 nitrogen and oxygen atoms in total. The summed E-state index contributed by atoms with van der Waals surface area (Å²) in [4.78, 5) is 20.6. The van der Waals surface area contributed by atoms with Crippen LogP contribution in [-0.4, -0.2) is 22.5 Å². The zero-order valence-electron chi connectivity index (χ0n) is 16.1. The van der Waals surface area contributed by atoms with Crippen molar-refractivity contribution >= 4 is 28.3 Å². The van der Waals surface area contributed by atoms with Crippen molar-refractivity contribution in [2.75, 3.05) is 17.2 Å². The minimum absolute atomic E-state index is 0.108. The van der Waals surface area contributed by atoms with Crippen LogP contribution in [0.15, 0.2) is 61.4 Å². The van der Waals surface area contributed by atoms with Crippen LogP contribution in [0, 0.1) is 0 Å². The van der Waals surface area contributed by atoms with E-state index >= 15 is 0 Å². The molecular weight excluding hydrogens is 352 g/mol. The van der Waals surface area contributed by atoms with Gasteiger partial charge in [-0.25, -0.2) is 9.97 Å². The van der Waals surface area contributed by atoms with Gasteiger partial charge in [0.2, 0.25) is 5.91 Å². The zero-order valence-corrected chi connectivity index (χ0v) is 16.1. The molecule has 1 aromatic heterocycles. The minimum Gasteiger partial charge on any atom is -0.492 e. The number of hydrogen-bond acceptors (Lipinski definition) is 5. The number of amides is 1. The van der Waals surface area contributed by atoms with Gasteiger partial charge in [-0.1, -0.05) is 43.8 Å². The Morgan fingerprint density at radius 3 is 2.68 bits per heavy atom. The molecule has 6 heteroatoms. The van der Waals surface area contributed by atoms with Crippen LogP contribution in [-0.2, 0) is 4.79 Å². The molecule has 2 aromatic carbocycles. The molecule has 3 aromatic rings. The highest BCUT2D eigenvalue weighted by Gasteiger charge is 2.15. The SMILES string of the molecule is C=CC(=O)Nc1cc2c(N[C@H](CC)c3ccccc3)ncnc2cc1OCC. The third-order valence-electron chi connectivity index (χ3n) is 4.40. The van der Waals surface area contributed by atoms with E-state index in [-0.39, 0.29) is 11.9 Å². The maximum Gasteiger partial charge on any atom is 0.247 e. The van der Waals surface area contributed by atoms with E-state index in [1.54, 1.807) is 0 Å². The number of nitrogens with one attached hydrogen (secondary N) is 2. The van der Waals surface area contributed by atoms with E-state index in [1.165, 1.54) is 18.0 Å². The summed E-state index contributed by atoms with van der Waals surface area (Å²) in [6, 6.07) is 14.0. The van der Waals surface area contributed by atoms with Crippen LogP contribution in [0.1, 0.15) is 31.9 Å². The monoisotopic (exact) mass is 376 g/mol. The standard InChI is InChI=1S/C22H24N4O2/c1-4-17(15-10-8-7-9-11-15)26-22-16-12-19(25-21(27)5-2)20(28-6-3)13-18(16)23-14-24-22/h5,7-14,17H,2,4,6H2,1,3H3,(H,25,27)(H,23,24,26)/t17-/m1/s1. The van der Waals surface area contributed by atoms with Crippen molar-refractivity contribution < 1.29 is 9.53 Å². The van der Waals surface area contributed by atoms with Gasteiger partial charge in [-0.05, 0) is 31.1 Å². The molecule has 0 spiro atoms. The van der Waals surface area contributed by atoms with E-state index in [9.17, 15) is 4.79 Å². The van der Waals surface area contributed by atoms with Crippen molar-refractivity contribution in [3.8, 4) is 5.75 Å². The highest BCUT2D eigenvalue weighted by atomic mass is 16.5. The summed E-state index contributed by atoms with van der Waals surface area (Å²) in [6.07, 6.45) is 3.65. The first-order chi connectivity index (χ1) is 13.7. The molecule has 0 aliphatic rings. The Morgan fingerprint density at radius 2 is 2.00 bits per heavy atom. The molecular formula is C22H24N4O2. The maximum atomic E-state index is 11.8. The minimum atomic E-state index is -0.303. The average molecular weight is 376 g/mol. The molecule has 0 saturated carbocycles. The lowest BCUT2D eigenvalue weighted by Crippen LogP contribution is -2.12. The number of hydrogen-bond donors (Lipinski definition) is 2. The van der Waals surface area contributed by atoms with Gasteiger partial charge in [-0.3, -0.25) is 4.79 Å². The summed E-state index contributed by atoms with van der Waals surface area (Å²) in [6.45, 7) is 8.00. The van der Waals surface area contributed by atoms with Gasteiger partial charge in [0.1, 0.15) is 17.9 Å². The van der Waals surface area contributed by atoms with Crippen LogP contribution in [0.4, 0.5) is 11.5 Å². The highest BCUT2D eigenvalue weighted by Crippen LogP contribution is 2.34. The van der Waals surface area contributed by atoms with Gasteiger partial charge in [-0.2, -0.15) is 0 Å². The third kappa shape index (κ3) is 4.28. The van der Waals surface area contributed by atoms with E-state index in [1.807, 2.05) is 37.3 Å². The van der Waals surface area contributed by atoms with Crippen LogP contribution < -0.4 is 15.4 Å². The number of anilines is 2. The van der Waals surface area contributed by atoms with E-state index in [0.29, 0.717) is 23.9 Å². The Labute approximate surface area is 164 Å². The second-order valence-corrected chi connectivity index (χ2v) is 6.23. The van der Waals surface area contributed by atoms with Gasteiger partial charge in [0.15, 0.2) is 0 Å². The first-order valence-electron chi connectivity index (χ1n) is 9.32. The highest BCUT2D eigenvalue weighted by molar-refractivity contribution is 6.03. The number of benzene rings is 2. The molecule has 0 saturated heterocycles. The number of rotatable bonds is 8. The smallest absolute Gasteiger partial charge is 0.247 e. The van der Waals surface area contributed by atoms with Gasteiger partial charge < -0.3 is 15.4 Å². The Morgan fingerprint density at radius 1 is 1.21 bits per heavy atom. The summed E-state index contributed by atoms with van der Waals surface area (Å²) in [5, 5.41) is 7.11. The van der Waals surface area contributed by atoms with E-state index < -0.39 is 0 Å². The number of carbonyl (C=O) groups excluding carboxylic acids is 1. The van der Waals surface area contributed by atoms with Crippen molar-refractivity contribution in [3.05, 3.63) is 67.0 Å². The fourth-order valence-corrected chi connectivity index (χ4v) is 3.03. The normalized spacial score (nSPS) is 11.6. The van der Waals surface area contributed by atoms with E-state index in [2.05, 4.69) is 46.2 Å². The number of aromatic nitrogens is 2. The van der Waals surface area contributed by atoms with Crippen molar-refractivity contribution in [1.29, 1.82) is 0 Å². The molecule has 0 fully saturated rings. The predicted octanol–water partition coefficient (Wildman–Crippen LogP) is 4.72. The summed E-state index contributed by atoms with van der Waals surface area (Å²) in [5.41, 5.74) is 2.48. The van der Waals surface area contributed by atoms with Crippen molar-refractivity contribution in [2.24, 2.45) is 0 Å². The number of ether oxygens (including phenoxy) is 1. The van der Waals surface area contributed by atoms with Crippen molar-refractivity contribution in [2.45, 2.75) is 26.3 Å². The number of fused-ring (bicyclic) bond motifs is 1. The molecule has 1 heterocycles. The molecule has 2 N–H and O–H groups in total. The van der Waals surface area contributed by atoms with E-state index in [0.717, 1.165) is 17.3 Å².